The highest BCUT2D eigenvalue weighted by molar-refractivity contribution is 6.30. The highest BCUT2D eigenvalue weighted by atomic mass is 35.5. The minimum Gasteiger partial charge on any atom is -0.481 e. The minimum atomic E-state index is -0.678. The van der Waals surface area contributed by atoms with Gasteiger partial charge in [0.15, 0.2) is 0 Å². The molecule has 4 heteroatoms. The van der Waals surface area contributed by atoms with Crippen LogP contribution >= 0.6 is 11.6 Å². The molecule has 2 aromatic carbocycles. The van der Waals surface area contributed by atoms with Gasteiger partial charge in [-0.25, -0.2) is 0 Å². The molecule has 1 N–H and O–H groups in total. The molecule has 0 radical (unpaired) electrons. The molecule has 3 nitrogen and oxygen atoms in total. The Labute approximate surface area is 162 Å². The molecule has 26 heavy (non-hydrogen) atoms. The van der Waals surface area contributed by atoms with Gasteiger partial charge in [-0.15, -0.1) is 0 Å². The molecule has 0 spiro atoms. The lowest BCUT2D eigenvalue weighted by molar-refractivity contribution is -0.137. The molecule has 142 valence electrons. The average molecular weight is 376 g/mol. The van der Waals surface area contributed by atoms with Crippen molar-refractivity contribution in [2.45, 2.75) is 39.5 Å². The number of halogens is 1. The molecule has 2 rings (SSSR count). The Morgan fingerprint density at radius 1 is 0.885 bits per heavy atom. The zero-order valence-corrected chi connectivity index (χ0v) is 16.6. The van der Waals surface area contributed by atoms with E-state index >= 15 is 0 Å². The van der Waals surface area contributed by atoms with E-state index in [1.807, 2.05) is 42.5 Å². The van der Waals surface area contributed by atoms with Gasteiger partial charge in [0.2, 0.25) is 0 Å². The Bertz CT molecular complexity index is 610. The Hall–Kier alpha value is -1.84. The Morgan fingerprint density at radius 3 is 2.00 bits per heavy atom. The molecule has 0 aliphatic heterocycles. The standard InChI is InChI=1S/C12H9Cl.C10H21NO2/c13-12-8-6-11(7-9-12)10-4-2-1-3-5-10;1-3-11(4-2)9-7-5-6-8-10(12)13/h1-9H;3-9H2,1-2H3,(H,12,13). The number of aliphatic carboxylic acids is 1. The fraction of sp³-hybridized carbons (Fsp3) is 0.409. The maximum Gasteiger partial charge on any atom is 0.303 e. The van der Waals surface area contributed by atoms with Crippen molar-refractivity contribution in [3.05, 3.63) is 59.6 Å². The number of hydrogen-bond donors (Lipinski definition) is 1. The highest BCUT2D eigenvalue weighted by Crippen LogP contribution is 2.20. The van der Waals surface area contributed by atoms with Crippen LogP contribution in [0.1, 0.15) is 39.5 Å². The van der Waals surface area contributed by atoms with E-state index in [1.54, 1.807) is 0 Å². The van der Waals surface area contributed by atoms with Crippen LogP contribution in [0.25, 0.3) is 11.1 Å². The lowest BCUT2D eigenvalue weighted by Gasteiger charge is -2.17. The summed E-state index contributed by atoms with van der Waals surface area (Å²) < 4.78 is 0. The fourth-order valence-corrected chi connectivity index (χ4v) is 2.73. The predicted molar refractivity (Wildman–Crippen MR) is 111 cm³/mol. The second kappa shape index (κ2) is 13.4. The number of carbonyl (C=O) groups is 1. The molecule has 0 aliphatic rings. The van der Waals surface area contributed by atoms with Crippen LogP contribution in [-0.2, 0) is 4.79 Å². The van der Waals surface area contributed by atoms with E-state index < -0.39 is 5.97 Å². The smallest absolute Gasteiger partial charge is 0.303 e. The largest absolute Gasteiger partial charge is 0.481 e. The van der Waals surface area contributed by atoms with Crippen LogP contribution in [0.2, 0.25) is 5.02 Å². The van der Waals surface area contributed by atoms with Gasteiger partial charge in [0.25, 0.3) is 0 Å². The van der Waals surface area contributed by atoms with E-state index in [-0.39, 0.29) is 0 Å². The third kappa shape index (κ3) is 9.59. The maximum absolute atomic E-state index is 10.2. The number of nitrogens with zero attached hydrogens (tertiary/aromatic N) is 1. The first kappa shape index (κ1) is 22.2. The number of carboxylic acid groups (broad SMARTS) is 1. The SMILES string of the molecule is CCN(CC)CCCCCC(=O)O.Clc1ccc(-c2ccccc2)cc1. The first-order valence-electron chi connectivity index (χ1n) is 9.32. The monoisotopic (exact) mass is 375 g/mol. The highest BCUT2D eigenvalue weighted by Gasteiger charge is 1.99. The first-order chi connectivity index (χ1) is 12.6. The van der Waals surface area contributed by atoms with Gasteiger partial charge in [-0.3, -0.25) is 4.79 Å². The van der Waals surface area contributed by atoms with Gasteiger partial charge in [-0.2, -0.15) is 0 Å². The average Bonchev–Trinajstić information content (AvgIpc) is 2.66. The summed E-state index contributed by atoms with van der Waals surface area (Å²) in [4.78, 5) is 12.6. The van der Waals surface area contributed by atoms with E-state index in [9.17, 15) is 4.79 Å². The second-order valence-corrected chi connectivity index (χ2v) is 6.54. The molecule has 0 unspecified atom stereocenters. The molecule has 0 saturated carbocycles. The Balaban J connectivity index is 0.000000260. The second-order valence-electron chi connectivity index (χ2n) is 6.10. The van der Waals surface area contributed by atoms with Gasteiger partial charge < -0.3 is 10.0 Å². The molecule has 0 amide bonds. The van der Waals surface area contributed by atoms with E-state index in [0.717, 1.165) is 43.9 Å². The van der Waals surface area contributed by atoms with Gasteiger partial charge in [-0.1, -0.05) is 74.3 Å². The quantitative estimate of drug-likeness (QED) is 0.548. The summed E-state index contributed by atoms with van der Waals surface area (Å²) in [6.07, 6.45) is 3.28. The van der Waals surface area contributed by atoms with Crippen molar-refractivity contribution < 1.29 is 9.90 Å². The summed E-state index contributed by atoms with van der Waals surface area (Å²) in [5.41, 5.74) is 2.42. The molecule has 2 aromatic rings. The molecule has 0 bridgehead atoms. The lowest BCUT2D eigenvalue weighted by atomic mass is 10.1. The van der Waals surface area contributed by atoms with Gasteiger partial charge >= 0.3 is 5.97 Å². The molecular weight excluding hydrogens is 346 g/mol. The lowest BCUT2D eigenvalue weighted by Crippen LogP contribution is -2.23. The van der Waals surface area contributed by atoms with Crippen LogP contribution in [0.5, 0.6) is 0 Å². The number of benzene rings is 2. The van der Waals surface area contributed by atoms with Crippen LogP contribution in [0.15, 0.2) is 54.6 Å². The van der Waals surface area contributed by atoms with E-state index in [4.69, 9.17) is 16.7 Å². The molecule has 0 atom stereocenters. The molecular formula is C22H30ClNO2. The van der Waals surface area contributed by atoms with Crippen molar-refractivity contribution in [1.29, 1.82) is 0 Å². The summed E-state index contributed by atoms with van der Waals surface area (Å²) >= 11 is 5.80. The predicted octanol–water partition coefficient (Wildman–Crippen LogP) is 5.98. The number of carboxylic acids is 1. The van der Waals surface area contributed by atoms with Crippen molar-refractivity contribution in [1.82, 2.24) is 4.90 Å². The molecule has 0 aliphatic carbocycles. The summed E-state index contributed by atoms with van der Waals surface area (Å²) in [5.74, 6) is -0.678. The zero-order chi connectivity index (χ0) is 19.2. The third-order valence-corrected chi connectivity index (χ3v) is 4.46. The van der Waals surface area contributed by atoms with E-state index in [1.165, 1.54) is 11.1 Å². The van der Waals surface area contributed by atoms with Crippen molar-refractivity contribution in [3.8, 4) is 11.1 Å². The van der Waals surface area contributed by atoms with Crippen molar-refractivity contribution in [2.75, 3.05) is 19.6 Å². The summed E-state index contributed by atoms with van der Waals surface area (Å²) in [5, 5.41) is 9.18. The summed E-state index contributed by atoms with van der Waals surface area (Å²) in [7, 11) is 0. The van der Waals surface area contributed by atoms with Gasteiger partial charge in [-0.05, 0) is 55.7 Å². The first-order valence-corrected chi connectivity index (χ1v) is 9.69. The topological polar surface area (TPSA) is 40.5 Å². The molecule has 0 heterocycles. The van der Waals surface area contributed by atoms with Crippen LogP contribution in [-0.4, -0.2) is 35.6 Å². The van der Waals surface area contributed by atoms with Crippen molar-refractivity contribution in [3.63, 3.8) is 0 Å². The molecule has 0 saturated heterocycles. The van der Waals surface area contributed by atoms with Crippen molar-refractivity contribution >= 4 is 17.6 Å². The van der Waals surface area contributed by atoms with Crippen LogP contribution in [0.4, 0.5) is 0 Å². The zero-order valence-electron chi connectivity index (χ0n) is 15.8. The third-order valence-electron chi connectivity index (χ3n) is 4.21. The molecule has 0 aromatic heterocycles. The van der Waals surface area contributed by atoms with Crippen LogP contribution in [0, 0.1) is 0 Å². The van der Waals surface area contributed by atoms with Gasteiger partial charge in [0.1, 0.15) is 0 Å². The normalized spacial score (nSPS) is 10.3. The molecule has 0 fully saturated rings. The summed E-state index contributed by atoms with van der Waals surface area (Å²) in [6, 6.07) is 18.1. The summed E-state index contributed by atoms with van der Waals surface area (Å²) in [6.45, 7) is 7.60. The number of unbranched alkanes of at least 4 members (excludes halogenated alkanes) is 2. The van der Waals surface area contributed by atoms with Crippen molar-refractivity contribution in [2.24, 2.45) is 0 Å². The minimum absolute atomic E-state index is 0.318. The fourth-order valence-electron chi connectivity index (χ4n) is 2.60. The van der Waals surface area contributed by atoms with E-state index in [0.29, 0.717) is 6.42 Å². The Morgan fingerprint density at radius 2 is 1.46 bits per heavy atom. The van der Waals surface area contributed by atoms with Crippen LogP contribution in [0.3, 0.4) is 0 Å². The number of rotatable bonds is 9. The maximum atomic E-state index is 10.2. The Kier molecular flexibility index (Phi) is 11.4. The van der Waals surface area contributed by atoms with Crippen LogP contribution < -0.4 is 0 Å². The van der Waals surface area contributed by atoms with Gasteiger partial charge in [0, 0.05) is 11.4 Å². The van der Waals surface area contributed by atoms with Gasteiger partial charge in [0.05, 0.1) is 0 Å². The number of hydrogen-bond acceptors (Lipinski definition) is 2. The van der Waals surface area contributed by atoms with E-state index in [2.05, 4.69) is 30.9 Å².